The summed E-state index contributed by atoms with van der Waals surface area (Å²) in [6.45, 7) is 1.75. The fourth-order valence-corrected chi connectivity index (χ4v) is 13.3. The molecule has 2 fully saturated rings. The van der Waals surface area contributed by atoms with Crippen LogP contribution >= 0.6 is 22.7 Å². The normalized spacial score (nSPS) is 20.1. The van der Waals surface area contributed by atoms with E-state index in [1.807, 2.05) is 93.6 Å². The summed E-state index contributed by atoms with van der Waals surface area (Å²) >= 11 is 3.11. The third-order valence-corrected chi connectivity index (χ3v) is 16.3. The van der Waals surface area contributed by atoms with E-state index in [4.69, 9.17) is 9.47 Å². The monoisotopic (exact) mass is 1000 g/mol. The van der Waals surface area contributed by atoms with Crippen LogP contribution in [0.25, 0.3) is 43.1 Å². The van der Waals surface area contributed by atoms with E-state index in [9.17, 15) is 29.4 Å². The van der Waals surface area contributed by atoms with E-state index in [2.05, 4.69) is 0 Å². The average molecular weight is 1000 g/mol. The molecule has 8 heterocycles. The number of nitrogens with zero attached hydrogens (tertiary/aromatic N) is 6. The molecule has 14 nitrogen and oxygen atoms in total. The average Bonchev–Trinajstić information content (AvgIpc) is 4.05. The highest BCUT2D eigenvalue weighted by Gasteiger charge is 2.48. The summed E-state index contributed by atoms with van der Waals surface area (Å²) in [6.07, 6.45) is 1.93. The molecule has 2 saturated heterocycles. The van der Waals surface area contributed by atoms with Gasteiger partial charge in [-0.3, -0.25) is 38.5 Å². The van der Waals surface area contributed by atoms with Gasteiger partial charge < -0.3 is 29.5 Å². The Bertz CT molecular complexity index is 3460. The number of halogens is 2. The number of aromatic hydroxyl groups is 2. The summed E-state index contributed by atoms with van der Waals surface area (Å²) in [7, 11) is 0. The van der Waals surface area contributed by atoms with E-state index in [0.717, 1.165) is 54.3 Å². The third-order valence-electron chi connectivity index (χ3n) is 14.4. The summed E-state index contributed by atoms with van der Waals surface area (Å²) in [4.78, 5) is 56.8. The first-order valence-electron chi connectivity index (χ1n) is 23.3. The predicted octanol–water partition coefficient (Wildman–Crippen LogP) is 7.88. The Morgan fingerprint density at radius 1 is 0.500 bits per heavy atom. The number of ether oxygens (including phenoxy) is 2. The fourth-order valence-electron chi connectivity index (χ4n) is 11.4. The highest BCUT2D eigenvalue weighted by molar-refractivity contribution is 7.14. The van der Waals surface area contributed by atoms with Crippen molar-refractivity contribution in [1.82, 2.24) is 19.2 Å². The Kier molecular flexibility index (Phi) is 10.3. The molecule has 0 spiro atoms. The molecule has 4 aliphatic heterocycles. The van der Waals surface area contributed by atoms with Gasteiger partial charge >= 0.3 is 0 Å². The van der Waals surface area contributed by atoms with Crippen LogP contribution in [0.15, 0.2) is 142 Å². The van der Waals surface area contributed by atoms with Gasteiger partial charge in [0.15, 0.2) is 22.9 Å². The van der Waals surface area contributed by atoms with E-state index in [1.54, 1.807) is 54.0 Å². The molecule has 2 amide bonds. The van der Waals surface area contributed by atoms with E-state index in [-0.39, 0.29) is 36.2 Å². The maximum Gasteiger partial charge on any atom is 0.278 e. The quantitative estimate of drug-likeness (QED) is 0.175. The Labute approximate surface area is 416 Å². The summed E-state index contributed by atoms with van der Waals surface area (Å²) in [6, 6.07) is 31.2. The van der Waals surface area contributed by atoms with Crippen LogP contribution in [-0.4, -0.2) is 93.0 Å². The number of aromatic nitrogens is 2. The van der Waals surface area contributed by atoms with Crippen molar-refractivity contribution in [3.05, 3.63) is 198 Å². The van der Waals surface area contributed by atoms with Crippen LogP contribution in [0.5, 0.6) is 11.5 Å². The first-order chi connectivity index (χ1) is 35.1. The molecule has 360 valence electrons. The highest BCUT2D eigenvalue weighted by atomic mass is 32.1. The van der Waals surface area contributed by atoms with Gasteiger partial charge in [-0.15, -0.1) is 22.7 Å². The maximum absolute atomic E-state index is 15.6. The maximum atomic E-state index is 15.6. The summed E-state index contributed by atoms with van der Waals surface area (Å²) in [5.41, 5.74) is 6.41. The molecule has 0 unspecified atom stereocenters. The van der Waals surface area contributed by atoms with Gasteiger partial charge in [-0.25, -0.2) is 8.78 Å². The Morgan fingerprint density at radius 2 is 0.917 bits per heavy atom. The molecular weight excluding hydrogens is 963 g/mol. The summed E-state index contributed by atoms with van der Waals surface area (Å²) < 4.78 is 45.9. The van der Waals surface area contributed by atoms with Crippen molar-refractivity contribution in [1.29, 1.82) is 0 Å². The molecule has 4 aromatic heterocycles. The van der Waals surface area contributed by atoms with Gasteiger partial charge in [0.2, 0.25) is 10.9 Å². The van der Waals surface area contributed by atoms with E-state index < -0.39 is 58.6 Å². The van der Waals surface area contributed by atoms with Gasteiger partial charge in [0, 0.05) is 69.6 Å². The number of carbonyl (C=O) groups is 2. The van der Waals surface area contributed by atoms with Crippen molar-refractivity contribution in [3.8, 4) is 54.6 Å². The van der Waals surface area contributed by atoms with Crippen LogP contribution < -0.4 is 20.9 Å². The molecule has 2 N–H and O–H groups in total. The molecule has 14 rings (SSSR count). The summed E-state index contributed by atoms with van der Waals surface area (Å²) in [5.74, 6) is -2.74. The van der Waals surface area contributed by atoms with Crippen LogP contribution in [0, 0.1) is 11.6 Å². The van der Waals surface area contributed by atoms with Crippen LogP contribution in [0.2, 0.25) is 0 Å². The number of fused-ring (bicyclic) bond motifs is 14. The Balaban J connectivity index is 0.000000140. The first kappa shape index (κ1) is 44.1. The SMILES string of the molecule is O=C1c2c(O)c(=O)ccn2N([C@@H]2c3ccccc3-c3sccc3-c3c(F)cccc32)[C@@H]2COCCN12.O=C1c2c(O)c(=O)ccn2N([C@H]2c3ccccc3-c3sccc3-c3c(F)cccc32)[C@@H]2COCCN12. The molecule has 0 bridgehead atoms. The largest absolute Gasteiger partial charge is 0.502 e. The molecular formula is C54H40F2N6O8S2. The van der Waals surface area contributed by atoms with Crippen molar-refractivity contribution in [2.75, 3.05) is 49.5 Å². The highest BCUT2D eigenvalue weighted by Crippen LogP contribution is 2.52. The second-order valence-corrected chi connectivity index (χ2v) is 19.9. The Morgan fingerprint density at radius 3 is 1.36 bits per heavy atom. The van der Waals surface area contributed by atoms with Crippen molar-refractivity contribution in [2.24, 2.45) is 0 Å². The smallest absolute Gasteiger partial charge is 0.278 e. The first-order valence-corrected chi connectivity index (χ1v) is 25.0. The van der Waals surface area contributed by atoms with Crippen molar-refractivity contribution < 1.29 is 38.1 Å². The number of carbonyl (C=O) groups excluding carboxylic acids is 2. The minimum Gasteiger partial charge on any atom is -0.502 e. The van der Waals surface area contributed by atoms with Crippen LogP contribution in [0.1, 0.15) is 55.3 Å². The molecule has 72 heavy (non-hydrogen) atoms. The molecule has 18 heteroatoms. The Hall–Kier alpha value is -7.90. The number of rotatable bonds is 2. The van der Waals surface area contributed by atoms with E-state index >= 15 is 8.78 Å². The minimum atomic E-state index is -0.629. The second kappa shape index (κ2) is 16.9. The molecule has 6 aliphatic rings. The number of pyridine rings is 2. The fraction of sp³-hybridized carbons (Fsp3) is 0.185. The zero-order valence-corrected chi connectivity index (χ0v) is 39.5. The number of morpholine rings is 2. The molecule has 4 aromatic carbocycles. The number of amides is 2. The lowest BCUT2D eigenvalue weighted by Crippen LogP contribution is -2.66. The standard InChI is InChI=1S/2C27H20FN3O4S/c2*28-19-7-3-6-17-22(19)18-9-13-36-26(18)16-5-2-1-4-15(16)23(17)31-21-14-35-12-11-29(21)27(34)24-25(33)20(32)8-10-30(24)31/h2*1-10,13,21,23,33H,11-12,14H2/t21-,23+;21-,23-/m11/s1. The molecule has 4 atom stereocenters. The topological polar surface area (TPSA) is 150 Å². The lowest BCUT2D eigenvalue weighted by molar-refractivity contribution is -0.0197. The minimum absolute atomic E-state index is 0.102. The number of hydrogen-bond donors (Lipinski definition) is 2. The van der Waals surface area contributed by atoms with Crippen LogP contribution in [0.3, 0.4) is 0 Å². The van der Waals surface area contributed by atoms with Gasteiger partial charge in [0.25, 0.3) is 11.8 Å². The van der Waals surface area contributed by atoms with Crippen molar-refractivity contribution in [3.63, 3.8) is 0 Å². The van der Waals surface area contributed by atoms with E-state index in [0.29, 0.717) is 37.4 Å². The van der Waals surface area contributed by atoms with Crippen molar-refractivity contribution >= 4 is 34.5 Å². The summed E-state index contributed by atoms with van der Waals surface area (Å²) in [5, 5.41) is 29.2. The van der Waals surface area contributed by atoms with Crippen LogP contribution in [-0.2, 0) is 9.47 Å². The molecule has 0 saturated carbocycles. The van der Waals surface area contributed by atoms with Gasteiger partial charge in [-0.2, -0.15) is 0 Å². The number of benzene rings is 4. The zero-order chi connectivity index (χ0) is 49.1. The molecule has 0 radical (unpaired) electrons. The van der Waals surface area contributed by atoms with Gasteiger partial charge in [-0.05, 0) is 68.4 Å². The molecule has 2 aliphatic carbocycles. The predicted molar refractivity (Wildman–Crippen MR) is 266 cm³/mol. The second-order valence-electron chi connectivity index (χ2n) is 18.0. The lowest BCUT2D eigenvalue weighted by atomic mass is 9.92. The van der Waals surface area contributed by atoms with Crippen molar-refractivity contribution in [2.45, 2.75) is 24.4 Å². The number of thiophene rings is 2. The van der Waals surface area contributed by atoms with E-state index in [1.165, 1.54) is 36.7 Å². The number of hydrogen-bond acceptors (Lipinski definition) is 12. The van der Waals surface area contributed by atoms with Gasteiger partial charge in [0.1, 0.15) is 24.0 Å². The third kappa shape index (κ3) is 6.42. The van der Waals surface area contributed by atoms with Gasteiger partial charge in [-0.1, -0.05) is 72.8 Å². The molecule has 8 aromatic rings. The van der Waals surface area contributed by atoms with Crippen LogP contribution in [0.4, 0.5) is 8.78 Å². The zero-order valence-electron chi connectivity index (χ0n) is 37.9. The lowest BCUT2D eigenvalue weighted by Gasteiger charge is -2.51. The van der Waals surface area contributed by atoms with Gasteiger partial charge in [0.05, 0.1) is 38.5 Å².